The van der Waals surface area contributed by atoms with Crippen LogP contribution in [0.3, 0.4) is 0 Å². The van der Waals surface area contributed by atoms with Crippen LogP contribution >= 0.6 is 0 Å². The second kappa shape index (κ2) is 16.3. The maximum absolute atomic E-state index is 8.23. The van der Waals surface area contributed by atoms with Gasteiger partial charge in [-0.25, -0.2) is 19.8 Å². The van der Waals surface area contributed by atoms with E-state index in [2.05, 4.69) is 199 Å². The van der Waals surface area contributed by atoms with Crippen molar-refractivity contribution in [2.45, 2.75) is 0 Å². The summed E-state index contributed by atoms with van der Waals surface area (Å²) in [4.78, 5) is 19.2. The van der Waals surface area contributed by atoms with Crippen molar-refractivity contribution >= 4 is 48.8 Å². The van der Waals surface area contributed by atoms with Gasteiger partial charge in [0.25, 0.3) is 0 Å². The third-order valence-electron chi connectivity index (χ3n) is 12.7. The molecule has 1 aromatic heterocycles. The summed E-state index contributed by atoms with van der Waals surface area (Å²) in [5.74, 6) is 1.87. The van der Waals surface area contributed by atoms with Crippen LogP contribution in [0.2, 0.25) is 0 Å². The molecule has 0 amide bonds. The smallest absolute Gasteiger partial charge is 0.194 e. The first-order chi connectivity index (χ1) is 32.6. The van der Waals surface area contributed by atoms with Crippen LogP contribution in [0.15, 0.2) is 231 Å². The molecule has 4 nitrogen and oxygen atoms in total. The molecule has 66 heavy (non-hydrogen) atoms. The molecular weight excluding hydrogens is 801 g/mol. The lowest BCUT2D eigenvalue weighted by atomic mass is 9.88. The summed E-state index contributed by atoms with van der Waals surface area (Å²) >= 11 is 0. The Labute approximate surface area is 382 Å². The highest BCUT2D eigenvalue weighted by Crippen LogP contribution is 2.43. The number of rotatable bonds is 7. The van der Waals surface area contributed by atoms with Gasteiger partial charge in [-0.3, -0.25) is 0 Å². The monoisotopic (exact) mass is 838 g/mol. The van der Waals surface area contributed by atoms with Gasteiger partial charge in [-0.1, -0.05) is 218 Å². The van der Waals surface area contributed by atoms with Gasteiger partial charge in [0.05, 0.1) is 6.57 Å². The summed E-state index contributed by atoms with van der Waals surface area (Å²) in [6.07, 6.45) is 0. The van der Waals surface area contributed by atoms with Crippen molar-refractivity contribution in [1.82, 2.24) is 15.0 Å². The zero-order chi connectivity index (χ0) is 44.0. The Hall–Kier alpha value is -9.04. The normalized spacial score (nSPS) is 11.3. The van der Waals surface area contributed by atoms with E-state index >= 15 is 0 Å². The molecule has 306 valence electrons. The van der Waals surface area contributed by atoms with Crippen molar-refractivity contribution in [2.75, 3.05) is 0 Å². The van der Waals surface area contributed by atoms with Crippen LogP contribution in [0.4, 0.5) is 5.69 Å². The molecule has 12 aromatic rings. The molecule has 11 aromatic carbocycles. The van der Waals surface area contributed by atoms with Crippen molar-refractivity contribution in [1.29, 1.82) is 0 Å². The van der Waals surface area contributed by atoms with Gasteiger partial charge in [0.1, 0.15) is 0 Å². The summed E-state index contributed by atoms with van der Waals surface area (Å²) in [5, 5.41) is 9.56. The molecule has 0 atom stereocenters. The van der Waals surface area contributed by atoms with Gasteiger partial charge in [-0.2, -0.15) is 0 Å². The summed E-state index contributed by atoms with van der Waals surface area (Å²) in [6.45, 7) is 8.23. The van der Waals surface area contributed by atoms with Gasteiger partial charge in [0.2, 0.25) is 0 Å². The van der Waals surface area contributed by atoms with E-state index in [-0.39, 0.29) is 0 Å². The minimum Gasteiger partial charge on any atom is -0.238 e. The van der Waals surface area contributed by atoms with E-state index in [1.54, 1.807) is 0 Å². The van der Waals surface area contributed by atoms with Gasteiger partial charge in [0.15, 0.2) is 23.2 Å². The maximum atomic E-state index is 8.23. The Morgan fingerprint density at radius 2 is 0.727 bits per heavy atom. The minimum absolute atomic E-state index is 0.613. The molecule has 0 radical (unpaired) electrons. The molecular formula is C62H38N4. The zero-order valence-corrected chi connectivity index (χ0v) is 35.7. The number of aromatic nitrogens is 3. The van der Waals surface area contributed by atoms with E-state index in [0.717, 1.165) is 61.2 Å². The SMILES string of the molecule is [C-]#[N+]c1ccc(-c2cccc(-c3ccc(-c4nc(-c5ccccc5)nc(-c5ccc6ccc7ccccc7c6c5)n4)cc3)c2)cc1-c1ccccc1-c1cccc2ccc3ccccc3c12. The first-order valence-electron chi connectivity index (χ1n) is 22.1. The summed E-state index contributed by atoms with van der Waals surface area (Å²) in [5.41, 5.74) is 11.9. The summed E-state index contributed by atoms with van der Waals surface area (Å²) < 4.78 is 0. The minimum atomic E-state index is 0.613. The largest absolute Gasteiger partial charge is 0.238 e. The van der Waals surface area contributed by atoms with Gasteiger partial charge < -0.3 is 0 Å². The number of benzene rings is 11. The van der Waals surface area contributed by atoms with Crippen molar-refractivity contribution in [3.8, 4) is 78.7 Å². The third kappa shape index (κ3) is 6.93. The van der Waals surface area contributed by atoms with Crippen LogP contribution in [-0.4, -0.2) is 15.0 Å². The lowest BCUT2D eigenvalue weighted by Crippen LogP contribution is -2.00. The average molecular weight is 839 g/mol. The molecule has 0 aliphatic rings. The number of nitrogens with zero attached hydrogens (tertiary/aromatic N) is 4. The molecule has 0 N–H and O–H groups in total. The highest BCUT2D eigenvalue weighted by atomic mass is 15.0. The fraction of sp³-hybridized carbons (Fsp3) is 0. The van der Waals surface area contributed by atoms with Crippen molar-refractivity contribution in [3.05, 3.63) is 242 Å². The van der Waals surface area contributed by atoms with Gasteiger partial charge >= 0.3 is 0 Å². The Balaban J connectivity index is 0.904. The first-order valence-corrected chi connectivity index (χ1v) is 22.1. The molecule has 0 saturated heterocycles. The van der Waals surface area contributed by atoms with Crippen LogP contribution in [0.5, 0.6) is 0 Å². The molecule has 0 aliphatic carbocycles. The molecule has 0 spiro atoms. The van der Waals surface area contributed by atoms with E-state index in [1.165, 1.54) is 43.1 Å². The van der Waals surface area contributed by atoms with Crippen molar-refractivity contribution in [2.24, 2.45) is 0 Å². The van der Waals surface area contributed by atoms with Gasteiger partial charge in [-0.15, -0.1) is 0 Å². The molecule has 0 bridgehead atoms. The number of hydrogen-bond donors (Lipinski definition) is 0. The van der Waals surface area contributed by atoms with Crippen molar-refractivity contribution in [3.63, 3.8) is 0 Å². The highest BCUT2D eigenvalue weighted by Gasteiger charge is 2.17. The van der Waals surface area contributed by atoms with Crippen LogP contribution in [0.1, 0.15) is 0 Å². The van der Waals surface area contributed by atoms with Crippen LogP contribution in [0.25, 0.3) is 127 Å². The van der Waals surface area contributed by atoms with E-state index in [1.807, 2.05) is 36.4 Å². The van der Waals surface area contributed by atoms with Gasteiger partial charge in [-0.05, 0) is 99.7 Å². The summed E-state index contributed by atoms with van der Waals surface area (Å²) in [6, 6.07) is 80.6. The Kier molecular flexibility index (Phi) is 9.51. The van der Waals surface area contributed by atoms with E-state index in [4.69, 9.17) is 21.5 Å². The lowest BCUT2D eigenvalue weighted by Gasteiger charge is -2.16. The highest BCUT2D eigenvalue weighted by molar-refractivity contribution is 6.15. The van der Waals surface area contributed by atoms with Crippen molar-refractivity contribution < 1.29 is 0 Å². The van der Waals surface area contributed by atoms with E-state index in [9.17, 15) is 0 Å². The predicted octanol–water partition coefficient (Wildman–Crippen LogP) is 16.7. The van der Waals surface area contributed by atoms with Crippen LogP contribution in [0, 0.1) is 6.57 Å². The topological polar surface area (TPSA) is 43.0 Å². The zero-order valence-electron chi connectivity index (χ0n) is 35.7. The van der Waals surface area contributed by atoms with Crippen LogP contribution in [-0.2, 0) is 0 Å². The predicted molar refractivity (Wildman–Crippen MR) is 274 cm³/mol. The molecule has 12 rings (SSSR count). The third-order valence-corrected chi connectivity index (χ3v) is 12.7. The quantitative estimate of drug-likeness (QED) is 0.119. The fourth-order valence-electron chi connectivity index (χ4n) is 9.45. The number of hydrogen-bond acceptors (Lipinski definition) is 3. The standard InChI is InChI=1S/C62H38N4/c1-63-58-36-35-49(38-57(58)54-23-10-9-22-53(54)55-24-12-17-44-31-29-42-14-6-8-21-52(42)59(44)55)48-19-11-18-47(37-48)40-25-32-46(33-26-40)61-64-60(45-15-3-2-4-16-45)65-62(66-61)50-34-30-43-28-27-41-13-5-7-20-51(41)56(43)39-50/h2-39H. The molecule has 1 heterocycles. The fourth-order valence-corrected chi connectivity index (χ4v) is 9.45. The second-order valence-electron chi connectivity index (χ2n) is 16.6. The molecule has 0 aliphatic heterocycles. The first kappa shape index (κ1) is 38.6. The molecule has 0 unspecified atom stereocenters. The second-order valence-corrected chi connectivity index (χ2v) is 16.6. The van der Waals surface area contributed by atoms with E-state index in [0.29, 0.717) is 23.2 Å². The Morgan fingerprint density at radius 3 is 1.47 bits per heavy atom. The molecule has 4 heteroatoms. The van der Waals surface area contributed by atoms with Crippen LogP contribution < -0.4 is 0 Å². The average Bonchev–Trinajstić information content (AvgIpc) is 3.40. The summed E-state index contributed by atoms with van der Waals surface area (Å²) in [7, 11) is 0. The van der Waals surface area contributed by atoms with Gasteiger partial charge in [0, 0.05) is 16.7 Å². The maximum Gasteiger partial charge on any atom is 0.194 e. The van der Waals surface area contributed by atoms with E-state index < -0.39 is 0 Å². The lowest BCUT2D eigenvalue weighted by molar-refractivity contribution is 1.07. The Bertz CT molecular complexity index is 3890. The molecule has 0 fully saturated rings. The number of fused-ring (bicyclic) bond motifs is 6. The molecule has 0 saturated carbocycles. The Morgan fingerprint density at radius 1 is 0.273 bits per heavy atom.